The molecule has 110 valence electrons. The molecule has 3 fully saturated rings. The molecule has 0 aliphatic heterocycles. The van der Waals surface area contributed by atoms with Crippen molar-refractivity contribution < 1.29 is 4.79 Å². The van der Waals surface area contributed by atoms with Gasteiger partial charge in [-0.2, -0.15) is 0 Å². The number of hydrogen-bond donors (Lipinski definition) is 0. The molecule has 0 bridgehead atoms. The number of carbonyl (C=O) groups excluding carboxylic acids is 1. The van der Waals surface area contributed by atoms with Gasteiger partial charge >= 0.3 is 0 Å². The molecule has 3 saturated carbocycles. The van der Waals surface area contributed by atoms with E-state index in [2.05, 4.69) is 19.9 Å². The lowest BCUT2D eigenvalue weighted by atomic mass is 9.48. The van der Waals surface area contributed by atoms with Crippen molar-refractivity contribution in [3.63, 3.8) is 0 Å². The van der Waals surface area contributed by atoms with E-state index in [1.54, 1.807) is 5.57 Å². The molecule has 1 unspecified atom stereocenters. The lowest BCUT2D eigenvalue weighted by molar-refractivity contribution is -0.131. The molecular weight excluding hydrogens is 244 g/mol. The summed E-state index contributed by atoms with van der Waals surface area (Å²) in [5.74, 6) is 2.92. The van der Waals surface area contributed by atoms with Gasteiger partial charge < -0.3 is 0 Å². The van der Waals surface area contributed by atoms with E-state index in [1.165, 1.54) is 51.4 Å². The second kappa shape index (κ2) is 4.21. The minimum atomic E-state index is 0.0392. The topological polar surface area (TPSA) is 17.1 Å². The van der Waals surface area contributed by atoms with E-state index >= 15 is 0 Å². The summed E-state index contributed by atoms with van der Waals surface area (Å²) in [5, 5.41) is 0. The minimum Gasteiger partial charge on any atom is -0.299 e. The normalized spacial score (nSPS) is 51.0. The van der Waals surface area contributed by atoms with Gasteiger partial charge in [0.05, 0.1) is 0 Å². The van der Waals surface area contributed by atoms with Crippen molar-refractivity contribution in [2.45, 2.75) is 71.6 Å². The van der Waals surface area contributed by atoms with Gasteiger partial charge in [0, 0.05) is 11.8 Å². The van der Waals surface area contributed by atoms with Crippen molar-refractivity contribution in [1.29, 1.82) is 0 Å². The van der Waals surface area contributed by atoms with Crippen LogP contribution in [0.15, 0.2) is 11.6 Å². The summed E-state index contributed by atoms with van der Waals surface area (Å²) in [7, 11) is 0. The molecule has 0 aromatic carbocycles. The highest BCUT2D eigenvalue weighted by Crippen LogP contribution is 2.63. The number of hydrogen-bond acceptors (Lipinski definition) is 1. The van der Waals surface area contributed by atoms with Crippen molar-refractivity contribution in [3.8, 4) is 0 Å². The molecule has 0 radical (unpaired) electrons. The van der Waals surface area contributed by atoms with Gasteiger partial charge in [-0.1, -0.05) is 31.9 Å². The maximum Gasteiger partial charge on any atom is 0.139 e. The zero-order valence-corrected chi connectivity index (χ0v) is 13.1. The van der Waals surface area contributed by atoms with E-state index in [4.69, 9.17) is 0 Å². The molecule has 5 atom stereocenters. The third-order valence-corrected chi connectivity index (χ3v) is 7.73. The smallest absolute Gasteiger partial charge is 0.139 e. The maximum atomic E-state index is 12.4. The fourth-order valence-corrected chi connectivity index (χ4v) is 6.47. The molecule has 0 N–H and O–H groups in total. The molecule has 1 nitrogen and oxygen atoms in total. The van der Waals surface area contributed by atoms with Crippen LogP contribution >= 0.6 is 0 Å². The van der Waals surface area contributed by atoms with E-state index in [-0.39, 0.29) is 5.41 Å². The minimum absolute atomic E-state index is 0.0392. The van der Waals surface area contributed by atoms with Gasteiger partial charge in [0.2, 0.25) is 0 Å². The molecule has 0 aromatic heterocycles. The lowest BCUT2D eigenvalue weighted by Gasteiger charge is -2.56. The third kappa shape index (κ3) is 1.53. The second-order valence-electron chi connectivity index (χ2n) is 8.38. The number of carbonyl (C=O) groups is 1. The summed E-state index contributed by atoms with van der Waals surface area (Å²) in [4.78, 5) is 12.4. The van der Waals surface area contributed by atoms with E-state index in [1.807, 2.05) is 0 Å². The number of Topliss-reactive ketones (excluding diaryl/α,β-unsaturated/α-hetero) is 1. The number of rotatable bonds is 0. The van der Waals surface area contributed by atoms with Crippen LogP contribution in [0.3, 0.4) is 0 Å². The average molecular weight is 272 g/mol. The summed E-state index contributed by atoms with van der Waals surface area (Å²) in [6, 6.07) is 0. The van der Waals surface area contributed by atoms with Crippen molar-refractivity contribution in [1.82, 2.24) is 0 Å². The van der Waals surface area contributed by atoms with E-state index < -0.39 is 0 Å². The Morgan fingerprint density at radius 2 is 1.80 bits per heavy atom. The van der Waals surface area contributed by atoms with Gasteiger partial charge in [-0.3, -0.25) is 4.79 Å². The van der Waals surface area contributed by atoms with Crippen LogP contribution in [-0.4, -0.2) is 5.78 Å². The Morgan fingerprint density at radius 3 is 2.65 bits per heavy atom. The molecule has 4 aliphatic rings. The lowest BCUT2D eigenvalue weighted by Crippen LogP contribution is -2.49. The quantitative estimate of drug-likeness (QED) is 0.573. The summed E-state index contributed by atoms with van der Waals surface area (Å²) in [6.07, 6.45) is 13.9. The highest BCUT2D eigenvalue weighted by molar-refractivity contribution is 5.87. The van der Waals surface area contributed by atoms with Crippen molar-refractivity contribution in [3.05, 3.63) is 11.6 Å². The molecule has 0 amide bonds. The van der Waals surface area contributed by atoms with Crippen LogP contribution in [0.25, 0.3) is 0 Å². The maximum absolute atomic E-state index is 12.4. The summed E-state index contributed by atoms with van der Waals surface area (Å²) in [5.41, 5.74) is 2.30. The van der Waals surface area contributed by atoms with Crippen LogP contribution in [0.4, 0.5) is 0 Å². The van der Waals surface area contributed by atoms with Crippen LogP contribution in [0.5, 0.6) is 0 Å². The fraction of sp³-hybridized carbons (Fsp3) is 0.842. The van der Waals surface area contributed by atoms with Crippen molar-refractivity contribution >= 4 is 5.78 Å². The van der Waals surface area contributed by atoms with Crippen molar-refractivity contribution in [2.24, 2.45) is 28.6 Å². The zero-order valence-electron chi connectivity index (χ0n) is 13.1. The fourth-order valence-electron chi connectivity index (χ4n) is 6.47. The Kier molecular flexibility index (Phi) is 2.76. The van der Waals surface area contributed by atoms with Crippen LogP contribution in [0.2, 0.25) is 0 Å². The zero-order chi connectivity index (χ0) is 14.0. The molecule has 0 aromatic rings. The first kappa shape index (κ1) is 13.1. The Morgan fingerprint density at radius 1 is 1.00 bits per heavy atom. The first-order chi connectivity index (χ1) is 9.56. The predicted molar refractivity (Wildman–Crippen MR) is 81.3 cm³/mol. The number of fused-ring (bicyclic) bond motifs is 5. The Hall–Kier alpha value is -0.590. The number of allylic oxidation sites excluding steroid dienone is 2. The van der Waals surface area contributed by atoms with Crippen LogP contribution < -0.4 is 0 Å². The van der Waals surface area contributed by atoms with Crippen LogP contribution in [-0.2, 0) is 4.79 Å². The Bertz CT molecular complexity index is 476. The SMILES string of the molecule is C[C@]12CCCCC1=CC[C@@H]1C2CC[C@]2(C)C(=O)CC[C@@H]12. The third-order valence-electron chi connectivity index (χ3n) is 7.73. The van der Waals surface area contributed by atoms with Gasteiger partial charge in [-0.25, -0.2) is 0 Å². The molecule has 4 rings (SSSR count). The van der Waals surface area contributed by atoms with Gasteiger partial charge in [0.15, 0.2) is 0 Å². The first-order valence-electron chi connectivity index (χ1n) is 8.78. The Balaban J connectivity index is 1.71. The summed E-state index contributed by atoms with van der Waals surface area (Å²) < 4.78 is 0. The van der Waals surface area contributed by atoms with Crippen LogP contribution in [0.1, 0.15) is 71.6 Å². The molecular formula is C19H28O. The molecule has 4 aliphatic carbocycles. The summed E-state index contributed by atoms with van der Waals surface area (Å²) >= 11 is 0. The molecule has 20 heavy (non-hydrogen) atoms. The summed E-state index contributed by atoms with van der Waals surface area (Å²) in [6.45, 7) is 4.83. The van der Waals surface area contributed by atoms with Gasteiger partial charge in [0.25, 0.3) is 0 Å². The Labute approximate surface area is 123 Å². The standard InChI is InChI=1S/C19H28O/c1-18-11-4-3-5-13(18)6-7-14-15-8-9-17(20)19(15,2)12-10-16(14)18/h6,14-16H,3-5,7-12H2,1-2H3/t14-,15-,16?,18-,19-/m0/s1. The van der Waals surface area contributed by atoms with Gasteiger partial charge in [-0.15, -0.1) is 0 Å². The van der Waals surface area contributed by atoms with Gasteiger partial charge in [0.1, 0.15) is 5.78 Å². The number of ketones is 1. The van der Waals surface area contributed by atoms with E-state index in [0.29, 0.717) is 17.1 Å². The average Bonchev–Trinajstić information content (AvgIpc) is 2.74. The molecule has 0 spiro atoms. The molecule has 0 heterocycles. The highest BCUT2D eigenvalue weighted by atomic mass is 16.1. The van der Waals surface area contributed by atoms with Crippen LogP contribution in [0, 0.1) is 28.6 Å². The van der Waals surface area contributed by atoms with Crippen molar-refractivity contribution in [2.75, 3.05) is 0 Å². The first-order valence-corrected chi connectivity index (χ1v) is 8.78. The van der Waals surface area contributed by atoms with E-state index in [9.17, 15) is 4.79 Å². The molecule has 1 heteroatoms. The van der Waals surface area contributed by atoms with E-state index in [0.717, 1.165) is 18.3 Å². The predicted octanol–water partition coefficient (Wildman–Crippen LogP) is 4.91. The monoisotopic (exact) mass is 272 g/mol. The highest BCUT2D eigenvalue weighted by Gasteiger charge is 2.58. The molecule has 0 saturated heterocycles. The largest absolute Gasteiger partial charge is 0.299 e. The second-order valence-corrected chi connectivity index (χ2v) is 8.38. The van der Waals surface area contributed by atoms with Gasteiger partial charge in [-0.05, 0) is 68.1 Å².